The minimum absolute atomic E-state index is 0. The molecule has 0 aromatic rings. The number of likely N-dealkylation sites (tertiary alicyclic amines) is 1. The summed E-state index contributed by atoms with van der Waals surface area (Å²) in [6, 6.07) is 0. The number of nitrogens with zero attached hydrogens (tertiary/aromatic N) is 2. The van der Waals surface area contributed by atoms with Crippen molar-refractivity contribution in [2.75, 3.05) is 59.0 Å². The smallest absolute Gasteiger partial charge is 0.193 e. The first kappa shape index (κ1) is 23.3. The lowest BCUT2D eigenvalue weighted by Gasteiger charge is -2.34. The molecule has 0 aromatic carbocycles. The summed E-state index contributed by atoms with van der Waals surface area (Å²) < 4.78 is 10.9. The molecule has 1 saturated heterocycles. The molecule has 0 saturated carbocycles. The van der Waals surface area contributed by atoms with Crippen molar-refractivity contribution in [2.24, 2.45) is 4.99 Å². The first-order valence-electron chi connectivity index (χ1n) is 8.37. The van der Waals surface area contributed by atoms with Gasteiger partial charge in [0.15, 0.2) is 5.96 Å². The maximum Gasteiger partial charge on any atom is 0.193 e. The Morgan fingerprint density at radius 1 is 1.22 bits per heavy atom. The maximum absolute atomic E-state index is 5.90. The highest BCUT2D eigenvalue weighted by Gasteiger charge is 2.21. The van der Waals surface area contributed by atoms with Crippen molar-refractivity contribution < 1.29 is 9.47 Å². The third-order valence-corrected chi connectivity index (χ3v) is 4.55. The van der Waals surface area contributed by atoms with E-state index < -0.39 is 0 Å². The lowest BCUT2D eigenvalue weighted by molar-refractivity contribution is 0.00991. The van der Waals surface area contributed by atoms with Crippen LogP contribution in [0.3, 0.4) is 0 Å². The molecule has 0 spiro atoms. The minimum atomic E-state index is 0. The summed E-state index contributed by atoms with van der Waals surface area (Å²) in [5, 5.41) is 3.48. The van der Waals surface area contributed by atoms with Crippen LogP contribution >= 0.6 is 35.7 Å². The van der Waals surface area contributed by atoms with E-state index in [0.29, 0.717) is 6.10 Å². The molecule has 1 N–H and O–H groups in total. The number of nitrogens with one attached hydrogen (secondary N) is 1. The molecule has 1 rings (SSSR count). The van der Waals surface area contributed by atoms with Crippen molar-refractivity contribution in [1.82, 2.24) is 10.2 Å². The summed E-state index contributed by atoms with van der Waals surface area (Å²) >= 11 is 1.91. The van der Waals surface area contributed by atoms with Gasteiger partial charge < -0.3 is 19.7 Å². The van der Waals surface area contributed by atoms with Crippen LogP contribution in [0.15, 0.2) is 4.99 Å². The molecule has 0 aromatic heterocycles. The van der Waals surface area contributed by atoms with E-state index in [-0.39, 0.29) is 24.0 Å². The number of ether oxygens (including phenoxy) is 2. The number of thioether (sulfide) groups is 1. The van der Waals surface area contributed by atoms with Gasteiger partial charge in [0.05, 0.1) is 6.10 Å². The normalized spacial score (nSPS) is 16.3. The fourth-order valence-electron chi connectivity index (χ4n) is 2.59. The fourth-order valence-corrected chi connectivity index (χ4v) is 3.08. The van der Waals surface area contributed by atoms with Gasteiger partial charge in [0.2, 0.25) is 0 Å². The van der Waals surface area contributed by atoms with Crippen molar-refractivity contribution in [1.29, 1.82) is 0 Å². The van der Waals surface area contributed by atoms with E-state index in [4.69, 9.17) is 9.47 Å². The monoisotopic (exact) mass is 459 g/mol. The molecule has 5 nitrogen and oxygen atoms in total. The van der Waals surface area contributed by atoms with Gasteiger partial charge in [0.25, 0.3) is 0 Å². The van der Waals surface area contributed by atoms with Gasteiger partial charge >= 0.3 is 0 Å². The Morgan fingerprint density at radius 3 is 2.57 bits per heavy atom. The number of aliphatic imine (C=N–C) groups is 1. The van der Waals surface area contributed by atoms with Gasteiger partial charge in [-0.3, -0.25) is 4.99 Å². The summed E-state index contributed by atoms with van der Waals surface area (Å²) in [5.41, 5.74) is 0. The van der Waals surface area contributed by atoms with Crippen molar-refractivity contribution in [3.05, 3.63) is 0 Å². The van der Waals surface area contributed by atoms with Crippen molar-refractivity contribution in [2.45, 2.75) is 38.2 Å². The molecular formula is C16H34IN3O2S. The number of unbranched alkanes of at least 4 members (excludes halogenated alkanes) is 1. The first-order valence-corrected chi connectivity index (χ1v) is 9.76. The maximum atomic E-state index is 5.90. The van der Waals surface area contributed by atoms with Gasteiger partial charge in [-0.05, 0) is 44.1 Å². The van der Waals surface area contributed by atoms with E-state index >= 15 is 0 Å². The summed E-state index contributed by atoms with van der Waals surface area (Å²) in [4.78, 5) is 6.76. The van der Waals surface area contributed by atoms with E-state index in [1.54, 1.807) is 7.11 Å². The lowest BCUT2D eigenvalue weighted by Crippen LogP contribution is -2.47. The van der Waals surface area contributed by atoms with Gasteiger partial charge in [0.1, 0.15) is 0 Å². The van der Waals surface area contributed by atoms with Crippen LogP contribution in [0.25, 0.3) is 0 Å². The Bertz CT molecular complexity index is 301. The topological polar surface area (TPSA) is 46.1 Å². The van der Waals surface area contributed by atoms with Crippen molar-refractivity contribution >= 4 is 41.7 Å². The van der Waals surface area contributed by atoms with E-state index in [1.165, 1.54) is 18.6 Å². The first-order chi connectivity index (χ1) is 10.8. The highest BCUT2D eigenvalue weighted by atomic mass is 127. The lowest BCUT2D eigenvalue weighted by atomic mass is 10.1. The number of halogens is 1. The van der Waals surface area contributed by atoms with E-state index in [1.807, 2.05) is 18.8 Å². The Morgan fingerprint density at radius 2 is 1.96 bits per heavy atom. The second-order valence-electron chi connectivity index (χ2n) is 5.58. The number of hydrogen-bond donors (Lipinski definition) is 1. The average molecular weight is 459 g/mol. The molecule has 23 heavy (non-hydrogen) atoms. The zero-order valence-corrected chi connectivity index (χ0v) is 18.0. The standard InChI is InChI=1S/C16H33N3O2S.HI/c1-17-16(18-9-4-5-14-22-3)19-10-7-15(8-11-19)21-13-6-12-20-2;/h15H,4-14H2,1-3H3,(H,17,18);1H. The summed E-state index contributed by atoms with van der Waals surface area (Å²) in [6.07, 6.45) is 8.18. The van der Waals surface area contributed by atoms with Gasteiger partial charge in [-0.25, -0.2) is 0 Å². The number of methoxy groups -OCH3 is 1. The second kappa shape index (κ2) is 15.8. The van der Waals surface area contributed by atoms with E-state index in [9.17, 15) is 0 Å². The summed E-state index contributed by atoms with van der Waals surface area (Å²) in [5.74, 6) is 2.29. The predicted molar refractivity (Wildman–Crippen MR) is 111 cm³/mol. The Kier molecular flexibility index (Phi) is 16.0. The largest absolute Gasteiger partial charge is 0.385 e. The summed E-state index contributed by atoms with van der Waals surface area (Å²) in [7, 11) is 3.61. The molecule has 1 aliphatic rings. The van der Waals surface area contributed by atoms with Crippen LogP contribution in [0, 0.1) is 0 Å². The minimum Gasteiger partial charge on any atom is -0.385 e. The number of rotatable bonds is 10. The quantitative estimate of drug-likeness (QED) is 0.236. The molecule has 0 atom stereocenters. The molecule has 138 valence electrons. The van der Waals surface area contributed by atoms with Crippen LogP contribution in [0.1, 0.15) is 32.1 Å². The van der Waals surface area contributed by atoms with Gasteiger partial charge in [0, 0.05) is 47.0 Å². The van der Waals surface area contributed by atoms with Gasteiger partial charge in [-0.1, -0.05) is 0 Å². The average Bonchev–Trinajstić information content (AvgIpc) is 2.56. The number of guanidine groups is 1. The third kappa shape index (κ3) is 10.7. The molecule has 0 radical (unpaired) electrons. The molecule has 0 aliphatic carbocycles. The van der Waals surface area contributed by atoms with Crippen LogP contribution in [-0.4, -0.2) is 76.0 Å². The number of hydrogen-bond acceptors (Lipinski definition) is 4. The third-order valence-electron chi connectivity index (χ3n) is 3.86. The molecule has 7 heteroatoms. The molecule has 1 aliphatic heterocycles. The van der Waals surface area contributed by atoms with Crippen molar-refractivity contribution in [3.8, 4) is 0 Å². The Hall–Kier alpha value is 0.270. The Balaban J connectivity index is 0.00000484. The fraction of sp³-hybridized carbons (Fsp3) is 0.938. The van der Waals surface area contributed by atoms with Gasteiger partial charge in [-0.15, -0.1) is 24.0 Å². The molecular weight excluding hydrogens is 425 g/mol. The zero-order valence-electron chi connectivity index (χ0n) is 14.9. The highest BCUT2D eigenvalue weighted by Crippen LogP contribution is 2.14. The van der Waals surface area contributed by atoms with Crippen LogP contribution in [0.5, 0.6) is 0 Å². The second-order valence-corrected chi connectivity index (χ2v) is 6.56. The molecule has 1 fully saturated rings. The highest BCUT2D eigenvalue weighted by molar-refractivity contribution is 14.0. The molecule has 0 amide bonds. The predicted octanol–water partition coefficient (Wildman–Crippen LogP) is 2.84. The Labute approximate surface area is 163 Å². The van der Waals surface area contributed by atoms with Crippen LogP contribution in [-0.2, 0) is 9.47 Å². The van der Waals surface area contributed by atoms with Crippen LogP contribution in [0.2, 0.25) is 0 Å². The zero-order chi connectivity index (χ0) is 16.0. The van der Waals surface area contributed by atoms with E-state index in [2.05, 4.69) is 21.5 Å². The van der Waals surface area contributed by atoms with Crippen molar-refractivity contribution in [3.63, 3.8) is 0 Å². The summed E-state index contributed by atoms with van der Waals surface area (Å²) in [6.45, 7) is 4.66. The molecule has 1 heterocycles. The molecule has 0 bridgehead atoms. The van der Waals surface area contributed by atoms with Gasteiger partial charge in [-0.2, -0.15) is 11.8 Å². The number of piperidine rings is 1. The van der Waals surface area contributed by atoms with E-state index in [0.717, 1.165) is 58.1 Å². The SMILES string of the molecule is CN=C(NCCCCSC)N1CCC(OCCCOC)CC1.I. The molecule has 0 unspecified atom stereocenters. The van der Waals surface area contributed by atoms with Crippen LogP contribution in [0.4, 0.5) is 0 Å². The van der Waals surface area contributed by atoms with Crippen LogP contribution < -0.4 is 5.32 Å².